The van der Waals surface area contributed by atoms with Crippen LogP contribution in [-0.2, 0) is 0 Å². The zero-order chi connectivity index (χ0) is 12.2. The van der Waals surface area contributed by atoms with E-state index in [1.807, 2.05) is 13.8 Å². The molecule has 4 nitrogen and oxygen atoms in total. The summed E-state index contributed by atoms with van der Waals surface area (Å²) in [7, 11) is 0. The van der Waals surface area contributed by atoms with Crippen LogP contribution in [0.25, 0.3) is 0 Å². The molecule has 0 fully saturated rings. The van der Waals surface area contributed by atoms with Gasteiger partial charge in [-0.3, -0.25) is 4.79 Å². The molecule has 0 atom stereocenters. The summed E-state index contributed by atoms with van der Waals surface area (Å²) in [6.07, 6.45) is 0. The Morgan fingerprint density at radius 2 is 2.25 bits per heavy atom. The van der Waals surface area contributed by atoms with Crippen molar-refractivity contribution in [3.05, 3.63) is 28.5 Å². The number of carbonyl (C=O) groups is 1. The number of aliphatic hydroxyl groups is 1. The SMILES string of the molecule is CC(C)(CO)CNC(=O)c1cccc(Br)n1. The Balaban J connectivity index is 2.60. The number of carbonyl (C=O) groups excluding carboxylic acids is 1. The van der Waals surface area contributed by atoms with E-state index < -0.39 is 0 Å². The predicted molar refractivity (Wildman–Crippen MR) is 65.1 cm³/mol. The van der Waals surface area contributed by atoms with Gasteiger partial charge in [0.05, 0.1) is 0 Å². The van der Waals surface area contributed by atoms with E-state index in [-0.39, 0.29) is 17.9 Å². The summed E-state index contributed by atoms with van der Waals surface area (Å²) in [5.74, 6) is -0.233. The van der Waals surface area contributed by atoms with Gasteiger partial charge in [0.25, 0.3) is 5.91 Å². The largest absolute Gasteiger partial charge is 0.396 e. The maximum atomic E-state index is 11.7. The molecule has 1 amide bonds. The van der Waals surface area contributed by atoms with Gasteiger partial charge in [-0.05, 0) is 28.1 Å². The van der Waals surface area contributed by atoms with Gasteiger partial charge in [-0.1, -0.05) is 19.9 Å². The molecule has 0 aliphatic heterocycles. The fourth-order valence-corrected chi connectivity index (χ4v) is 1.34. The molecule has 0 aromatic carbocycles. The van der Waals surface area contributed by atoms with Crippen molar-refractivity contribution in [2.45, 2.75) is 13.8 Å². The highest BCUT2D eigenvalue weighted by molar-refractivity contribution is 9.10. The van der Waals surface area contributed by atoms with Gasteiger partial charge in [0, 0.05) is 18.6 Å². The molecule has 1 aromatic heterocycles. The molecule has 1 heterocycles. The Morgan fingerprint density at radius 1 is 1.56 bits per heavy atom. The van der Waals surface area contributed by atoms with Gasteiger partial charge in [0.15, 0.2) is 0 Å². The maximum Gasteiger partial charge on any atom is 0.269 e. The molecule has 0 aliphatic carbocycles. The van der Waals surface area contributed by atoms with Crippen LogP contribution < -0.4 is 5.32 Å². The summed E-state index contributed by atoms with van der Waals surface area (Å²) < 4.78 is 0.626. The molecule has 16 heavy (non-hydrogen) atoms. The molecule has 1 rings (SSSR count). The van der Waals surface area contributed by atoms with Crippen molar-refractivity contribution >= 4 is 21.8 Å². The van der Waals surface area contributed by atoms with Crippen LogP contribution >= 0.6 is 15.9 Å². The van der Waals surface area contributed by atoms with Crippen LogP contribution in [0, 0.1) is 5.41 Å². The minimum atomic E-state index is -0.318. The van der Waals surface area contributed by atoms with Crippen molar-refractivity contribution in [2.24, 2.45) is 5.41 Å². The first kappa shape index (κ1) is 13.1. The summed E-state index contributed by atoms with van der Waals surface area (Å²) >= 11 is 3.20. The van der Waals surface area contributed by atoms with Gasteiger partial charge < -0.3 is 10.4 Å². The van der Waals surface area contributed by atoms with Crippen LogP contribution in [0.5, 0.6) is 0 Å². The second-order valence-corrected chi connectivity index (χ2v) is 5.16. The summed E-state index contributed by atoms with van der Waals surface area (Å²) in [5, 5.41) is 11.8. The lowest BCUT2D eigenvalue weighted by Crippen LogP contribution is -2.36. The number of nitrogens with one attached hydrogen (secondary N) is 1. The fraction of sp³-hybridized carbons (Fsp3) is 0.455. The minimum absolute atomic E-state index is 0.0270. The van der Waals surface area contributed by atoms with E-state index in [0.29, 0.717) is 16.8 Å². The zero-order valence-corrected chi connectivity index (χ0v) is 10.9. The van der Waals surface area contributed by atoms with Gasteiger partial charge in [-0.15, -0.1) is 0 Å². The fourth-order valence-electron chi connectivity index (χ4n) is 1.00. The van der Waals surface area contributed by atoms with Crippen LogP contribution in [0.2, 0.25) is 0 Å². The summed E-state index contributed by atoms with van der Waals surface area (Å²) in [6, 6.07) is 5.16. The van der Waals surface area contributed by atoms with E-state index >= 15 is 0 Å². The van der Waals surface area contributed by atoms with Gasteiger partial charge in [0.1, 0.15) is 10.3 Å². The van der Waals surface area contributed by atoms with Gasteiger partial charge >= 0.3 is 0 Å². The number of amides is 1. The molecule has 0 radical (unpaired) electrons. The lowest BCUT2D eigenvalue weighted by molar-refractivity contribution is 0.0906. The first-order valence-electron chi connectivity index (χ1n) is 4.96. The van der Waals surface area contributed by atoms with Crippen molar-refractivity contribution < 1.29 is 9.90 Å². The Morgan fingerprint density at radius 3 is 2.81 bits per heavy atom. The molecule has 2 N–H and O–H groups in total. The van der Waals surface area contributed by atoms with Gasteiger partial charge in [0.2, 0.25) is 0 Å². The Bertz CT molecular complexity index is 380. The molecular formula is C11H15BrN2O2. The van der Waals surface area contributed by atoms with Crippen LogP contribution in [-0.4, -0.2) is 29.1 Å². The number of hydrogen-bond acceptors (Lipinski definition) is 3. The number of aromatic nitrogens is 1. The summed E-state index contributed by atoms with van der Waals surface area (Å²) in [5.41, 5.74) is 0.0462. The monoisotopic (exact) mass is 286 g/mol. The maximum absolute atomic E-state index is 11.7. The standard InChI is InChI=1S/C11H15BrN2O2/c1-11(2,7-15)6-13-10(16)8-4-3-5-9(12)14-8/h3-5,15H,6-7H2,1-2H3,(H,13,16). The average molecular weight is 287 g/mol. The molecule has 0 saturated heterocycles. The average Bonchev–Trinajstić information content (AvgIpc) is 2.26. The van der Waals surface area contributed by atoms with Crippen molar-refractivity contribution in [2.75, 3.05) is 13.2 Å². The summed E-state index contributed by atoms with van der Waals surface area (Å²) in [6.45, 7) is 4.19. The van der Waals surface area contributed by atoms with Gasteiger partial charge in [-0.25, -0.2) is 4.98 Å². The van der Waals surface area contributed by atoms with E-state index in [0.717, 1.165) is 0 Å². The van der Waals surface area contributed by atoms with Crippen LogP contribution in [0.4, 0.5) is 0 Å². The third kappa shape index (κ3) is 3.90. The van der Waals surface area contributed by atoms with E-state index in [1.165, 1.54) is 0 Å². The smallest absolute Gasteiger partial charge is 0.269 e. The van der Waals surface area contributed by atoms with Crippen molar-refractivity contribution in [3.63, 3.8) is 0 Å². The van der Waals surface area contributed by atoms with Crippen molar-refractivity contribution in [1.82, 2.24) is 10.3 Å². The molecule has 0 unspecified atom stereocenters. The molecule has 5 heteroatoms. The van der Waals surface area contributed by atoms with E-state index in [9.17, 15) is 4.79 Å². The number of aliphatic hydroxyl groups excluding tert-OH is 1. The number of nitrogens with zero attached hydrogens (tertiary/aromatic N) is 1. The third-order valence-electron chi connectivity index (χ3n) is 2.10. The molecule has 1 aromatic rings. The number of rotatable bonds is 4. The van der Waals surface area contributed by atoms with E-state index in [4.69, 9.17) is 5.11 Å². The second-order valence-electron chi connectivity index (χ2n) is 4.35. The number of pyridine rings is 1. The van der Waals surface area contributed by atoms with Crippen LogP contribution in [0.15, 0.2) is 22.8 Å². The van der Waals surface area contributed by atoms with E-state index in [1.54, 1.807) is 18.2 Å². The topological polar surface area (TPSA) is 62.2 Å². The molecule has 0 saturated carbocycles. The van der Waals surface area contributed by atoms with Crippen LogP contribution in [0.1, 0.15) is 24.3 Å². The zero-order valence-electron chi connectivity index (χ0n) is 9.33. The predicted octanol–water partition coefficient (Wildman–Crippen LogP) is 1.59. The Hall–Kier alpha value is -0.940. The Kier molecular flexibility index (Phi) is 4.44. The van der Waals surface area contributed by atoms with Crippen LogP contribution in [0.3, 0.4) is 0 Å². The summed E-state index contributed by atoms with van der Waals surface area (Å²) in [4.78, 5) is 15.7. The highest BCUT2D eigenvalue weighted by atomic mass is 79.9. The van der Waals surface area contributed by atoms with E-state index in [2.05, 4.69) is 26.2 Å². The lowest BCUT2D eigenvalue weighted by Gasteiger charge is -2.21. The van der Waals surface area contributed by atoms with Crippen molar-refractivity contribution in [3.8, 4) is 0 Å². The lowest BCUT2D eigenvalue weighted by atomic mass is 9.95. The quantitative estimate of drug-likeness (QED) is 0.827. The first-order valence-corrected chi connectivity index (χ1v) is 5.75. The highest BCUT2D eigenvalue weighted by Gasteiger charge is 2.18. The first-order chi connectivity index (χ1) is 7.44. The van der Waals surface area contributed by atoms with Crippen molar-refractivity contribution in [1.29, 1.82) is 0 Å². The van der Waals surface area contributed by atoms with Gasteiger partial charge in [-0.2, -0.15) is 0 Å². The highest BCUT2D eigenvalue weighted by Crippen LogP contribution is 2.12. The molecule has 88 valence electrons. The molecule has 0 spiro atoms. The molecule has 0 bridgehead atoms. The second kappa shape index (κ2) is 5.41. The Labute approximate surface area is 103 Å². The number of hydrogen-bond donors (Lipinski definition) is 2. The minimum Gasteiger partial charge on any atom is -0.396 e. The number of halogens is 1. The molecular weight excluding hydrogens is 272 g/mol. The molecule has 0 aliphatic rings. The third-order valence-corrected chi connectivity index (χ3v) is 2.54. The normalized spacial score (nSPS) is 11.2.